The quantitative estimate of drug-likeness (QED) is 0.609. The van der Waals surface area contributed by atoms with E-state index in [1.807, 2.05) is 0 Å². The van der Waals surface area contributed by atoms with Crippen molar-refractivity contribution < 1.29 is 4.79 Å². The van der Waals surface area contributed by atoms with E-state index in [9.17, 15) is 4.79 Å². The number of carbonyl (C=O) groups is 1. The molecule has 1 aliphatic carbocycles. The first kappa shape index (κ1) is 10.0. The maximum atomic E-state index is 10.8. The number of carbonyl (C=O) groups excluding carboxylic acids is 1. The van der Waals surface area contributed by atoms with E-state index in [1.54, 1.807) is 0 Å². The summed E-state index contributed by atoms with van der Waals surface area (Å²) in [4.78, 5) is 10.8. The van der Waals surface area contributed by atoms with Crippen LogP contribution in [-0.4, -0.2) is 5.24 Å². The summed E-state index contributed by atoms with van der Waals surface area (Å²) in [5.41, 5.74) is 0. The summed E-state index contributed by atoms with van der Waals surface area (Å²) in [7, 11) is 0. The average molecular weight is 189 g/mol. The van der Waals surface area contributed by atoms with Gasteiger partial charge in [0.25, 0.3) is 0 Å². The van der Waals surface area contributed by atoms with Gasteiger partial charge in [0.2, 0.25) is 5.24 Å². The van der Waals surface area contributed by atoms with Crippen molar-refractivity contribution in [2.75, 3.05) is 0 Å². The van der Waals surface area contributed by atoms with Crippen LogP contribution < -0.4 is 0 Å². The van der Waals surface area contributed by atoms with Crippen LogP contribution >= 0.6 is 11.6 Å². The molecule has 0 aromatic rings. The highest BCUT2D eigenvalue weighted by atomic mass is 35.5. The second-order valence-electron chi connectivity index (χ2n) is 4.16. The summed E-state index contributed by atoms with van der Waals surface area (Å²) in [5, 5.41) is -0.128. The highest BCUT2D eigenvalue weighted by Gasteiger charge is 2.26. The zero-order valence-corrected chi connectivity index (χ0v) is 8.60. The summed E-state index contributed by atoms with van der Waals surface area (Å²) in [6.45, 7) is 4.51. The third-order valence-corrected chi connectivity index (χ3v) is 3.34. The Hall–Kier alpha value is -0.0400. The van der Waals surface area contributed by atoms with Crippen LogP contribution in [0, 0.1) is 17.8 Å². The van der Waals surface area contributed by atoms with Crippen molar-refractivity contribution in [2.45, 2.75) is 39.5 Å². The van der Waals surface area contributed by atoms with Crippen LogP contribution in [0.5, 0.6) is 0 Å². The molecule has 0 heterocycles. The van der Waals surface area contributed by atoms with Crippen LogP contribution in [0.25, 0.3) is 0 Å². The SMILES string of the molecule is CC(C)C1CCC(C(=O)Cl)CC1. The van der Waals surface area contributed by atoms with E-state index < -0.39 is 0 Å². The molecule has 0 spiro atoms. The van der Waals surface area contributed by atoms with Gasteiger partial charge in [-0.15, -0.1) is 0 Å². The number of halogens is 1. The molecule has 0 aromatic heterocycles. The lowest BCUT2D eigenvalue weighted by Crippen LogP contribution is -2.21. The predicted octanol–water partition coefficient (Wildman–Crippen LogP) is 3.21. The smallest absolute Gasteiger partial charge is 0.224 e. The van der Waals surface area contributed by atoms with E-state index >= 15 is 0 Å². The molecule has 1 rings (SSSR count). The van der Waals surface area contributed by atoms with Crippen LogP contribution in [-0.2, 0) is 4.79 Å². The lowest BCUT2D eigenvalue weighted by Gasteiger charge is -2.28. The Morgan fingerprint density at radius 2 is 1.75 bits per heavy atom. The van der Waals surface area contributed by atoms with Crippen molar-refractivity contribution >= 4 is 16.8 Å². The summed E-state index contributed by atoms with van der Waals surface area (Å²) >= 11 is 5.44. The van der Waals surface area contributed by atoms with Crippen LogP contribution in [0.4, 0.5) is 0 Å². The molecule has 12 heavy (non-hydrogen) atoms. The molecule has 1 saturated carbocycles. The standard InChI is InChI=1S/C10H17ClO/c1-7(2)8-3-5-9(6-4-8)10(11)12/h7-9H,3-6H2,1-2H3. The first-order valence-corrected chi connectivity index (χ1v) is 5.18. The van der Waals surface area contributed by atoms with Crippen LogP contribution in [0.1, 0.15) is 39.5 Å². The Balaban J connectivity index is 2.34. The molecule has 0 radical (unpaired) electrons. The normalized spacial score (nSPS) is 30.7. The second kappa shape index (κ2) is 4.27. The first-order chi connectivity index (χ1) is 5.61. The van der Waals surface area contributed by atoms with Gasteiger partial charge in [-0.1, -0.05) is 13.8 Å². The molecule has 0 bridgehead atoms. The molecule has 2 heteroatoms. The van der Waals surface area contributed by atoms with Crippen molar-refractivity contribution in [1.29, 1.82) is 0 Å². The third-order valence-electron chi connectivity index (χ3n) is 3.04. The molecule has 1 fully saturated rings. The fraction of sp³-hybridized carbons (Fsp3) is 0.900. The largest absolute Gasteiger partial charge is 0.281 e. The number of hydrogen-bond acceptors (Lipinski definition) is 1. The predicted molar refractivity (Wildman–Crippen MR) is 51.1 cm³/mol. The fourth-order valence-electron chi connectivity index (χ4n) is 2.01. The lowest BCUT2D eigenvalue weighted by atomic mass is 9.77. The third kappa shape index (κ3) is 2.48. The van der Waals surface area contributed by atoms with Gasteiger partial charge in [0.15, 0.2) is 0 Å². The van der Waals surface area contributed by atoms with Crippen molar-refractivity contribution in [1.82, 2.24) is 0 Å². The highest BCUT2D eigenvalue weighted by molar-refractivity contribution is 6.63. The van der Waals surface area contributed by atoms with Gasteiger partial charge in [-0.2, -0.15) is 0 Å². The van der Waals surface area contributed by atoms with Gasteiger partial charge in [-0.25, -0.2) is 0 Å². The van der Waals surface area contributed by atoms with E-state index in [4.69, 9.17) is 11.6 Å². The second-order valence-corrected chi connectivity index (χ2v) is 4.53. The lowest BCUT2D eigenvalue weighted by molar-refractivity contribution is -0.116. The minimum Gasteiger partial charge on any atom is -0.281 e. The van der Waals surface area contributed by atoms with Crippen LogP contribution in [0.15, 0.2) is 0 Å². The highest BCUT2D eigenvalue weighted by Crippen LogP contribution is 2.33. The van der Waals surface area contributed by atoms with Gasteiger partial charge in [0.1, 0.15) is 0 Å². The molecular formula is C10H17ClO. The minimum absolute atomic E-state index is 0.128. The molecule has 70 valence electrons. The molecule has 0 saturated heterocycles. The Morgan fingerprint density at radius 1 is 1.25 bits per heavy atom. The van der Waals surface area contributed by atoms with E-state index in [0.29, 0.717) is 0 Å². The molecule has 0 atom stereocenters. The van der Waals surface area contributed by atoms with E-state index in [2.05, 4.69) is 13.8 Å². The van der Waals surface area contributed by atoms with E-state index in [-0.39, 0.29) is 11.2 Å². The summed E-state index contributed by atoms with van der Waals surface area (Å²) in [6, 6.07) is 0. The molecule has 1 nitrogen and oxygen atoms in total. The maximum Gasteiger partial charge on any atom is 0.224 e. The fourth-order valence-corrected chi connectivity index (χ4v) is 2.23. The van der Waals surface area contributed by atoms with Gasteiger partial charge >= 0.3 is 0 Å². The van der Waals surface area contributed by atoms with Gasteiger partial charge in [0, 0.05) is 5.92 Å². The van der Waals surface area contributed by atoms with Crippen molar-refractivity contribution in [2.24, 2.45) is 17.8 Å². The van der Waals surface area contributed by atoms with Gasteiger partial charge in [-0.05, 0) is 49.1 Å². The zero-order valence-electron chi connectivity index (χ0n) is 7.85. The first-order valence-electron chi connectivity index (χ1n) is 4.80. The number of hydrogen-bond donors (Lipinski definition) is 0. The molecule has 0 aromatic carbocycles. The van der Waals surface area contributed by atoms with E-state index in [0.717, 1.165) is 24.7 Å². The zero-order chi connectivity index (χ0) is 9.14. The van der Waals surface area contributed by atoms with Gasteiger partial charge in [-0.3, -0.25) is 4.79 Å². The molecule has 1 aliphatic rings. The monoisotopic (exact) mass is 188 g/mol. The summed E-state index contributed by atoms with van der Waals surface area (Å²) in [6.07, 6.45) is 4.37. The van der Waals surface area contributed by atoms with Gasteiger partial charge < -0.3 is 0 Å². The minimum atomic E-state index is -0.128. The molecule has 0 amide bonds. The molecular weight excluding hydrogens is 172 g/mol. The van der Waals surface area contributed by atoms with E-state index in [1.165, 1.54) is 12.8 Å². The average Bonchev–Trinajstić information content (AvgIpc) is 2.04. The van der Waals surface area contributed by atoms with Crippen LogP contribution in [0.3, 0.4) is 0 Å². The summed E-state index contributed by atoms with van der Waals surface area (Å²) < 4.78 is 0. The van der Waals surface area contributed by atoms with Gasteiger partial charge in [0.05, 0.1) is 0 Å². The Kier molecular flexibility index (Phi) is 3.57. The molecule has 0 aliphatic heterocycles. The Labute approximate surface area is 79.5 Å². The van der Waals surface area contributed by atoms with Crippen molar-refractivity contribution in [3.63, 3.8) is 0 Å². The molecule has 0 N–H and O–H groups in total. The van der Waals surface area contributed by atoms with Crippen LogP contribution in [0.2, 0.25) is 0 Å². The Bertz CT molecular complexity index is 157. The molecule has 0 unspecified atom stereocenters. The Morgan fingerprint density at radius 3 is 2.08 bits per heavy atom. The van der Waals surface area contributed by atoms with Crippen molar-refractivity contribution in [3.8, 4) is 0 Å². The van der Waals surface area contributed by atoms with Crippen molar-refractivity contribution in [3.05, 3.63) is 0 Å². The number of rotatable bonds is 2. The maximum absolute atomic E-state index is 10.8. The topological polar surface area (TPSA) is 17.1 Å². The summed E-state index contributed by atoms with van der Waals surface area (Å²) in [5.74, 6) is 1.73.